The number of aryl methyl sites for hydroxylation is 2. The van der Waals surface area contributed by atoms with Crippen molar-refractivity contribution in [3.05, 3.63) is 29.2 Å². The van der Waals surface area contributed by atoms with Crippen LogP contribution in [-0.2, 0) is 18.7 Å². The molecule has 14 heavy (non-hydrogen) atoms. The minimum Gasteiger partial charge on any atom is -0.218 e. The molecule has 1 aromatic heterocycles. The highest BCUT2D eigenvalue weighted by Gasteiger charge is 2.13. The number of rotatable bonds is 5. The molecule has 78 valence electrons. The van der Waals surface area contributed by atoms with Crippen LogP contribution in [-0.4, -0.2) is 0 Å². The zero-order valence-electron chi connectivity index (χ0n) is 8.98. The summed E-state index contributed by atoms with van der Waals surface area (Å²) in [6, 6.07) is 4.13. The van der Waals surface area contributed by atoms with Crippen molar-refractivity contribution in [2.75, 3.05) is 0 Å². The summed E-state index contributed by atoms with van der Waals surface area (Å²) in [5, 5.41) is 0. The Morgan fingerprint density at radius 2 is 1.57 bits per heavy atom. The molecule has 0 radical (unpaired) electrons. The maximum atomic E-state index is 5.83. The van der Waals surface area contributed by atoms with Gasteiger partial charge in [0.1, 0.15) is 0 Å². The van der Waals surface area contributed by atoms with Crippen molar-refractivity contribution in [3.8, 4) is 0 Å². The van der Waals surface area contributed by atoms with E-state index in [0.29, 0.717) is 5.88 Å². The molecule has 0 saturated heterocycles. The molecule has 0 aliphatic carbocycles. The van der Waals surface area contributed by atoms with Crippen LogP contribution in [0.2, 0.25) is 0 Å². The zero-order valence-corrected chi connectivity index (χ0v) is 9.73. The minimum atomic E-state index is 0.573. The monoisotopic (exact) mass is 213 g/mol. The Kier molecular flexibility index (Phi) is 4.95. The van der Waals surface area contributed by atoms with Crippen LogP contribution in [0.3, 0.4) is 0 Å². The second kappa shape index (κ2) is 6.02. The van der Waals surface area contributed by atoms with Gasteiger partial charge in [-0.15, -0.1) is 11.6 Å². The molecule has 0 unspecified atom stereocenters. The largest absolute Gasteiger partial charge is 0.329 e. The summed E-state index contributed by atoms with van der Waals surface area (Å²) in [7, 11) is 0. The highest BCUT2D eigenvalue weighted by molar-refractivity contribution is 6.17. The summed E-state index contributed by atoms with van der Waals surface area (Å²) in [6.07, 6.45) is 4.23. The lowest BCUT2D eigenvalue weighted by atomic mass is 10.1. The fraction of sp³-hybridized carbons (Fsp3) is 0.583. The Labute approximate surface area is 91.1 Å². The van der Waals surface area contributed by atoms with Crippen molar-refractivity contribution in [2.45, 2.75) is 45.4 Å². The van der Waals surface area contributed by atoms with E-state index in [1.54, 1.807) is 0 Å². The van der Waals surface area contributed by atoms with Gasteiger partial charge in [-0.2, -0.15) is 0 Å². The topological polar surface area (TPSA) is 11.3 Å². The second-order valence-corrected chi connectivity index (χ2v) is 3.80. The van der Waals surface area contributed by atoms with Crippen molar-refractivity contribution in [2.24, 2.45) is 0 Å². The first-order chi connectivity index (χ1) is 6.80. The summed E-state index contributed by atoms with van der Waals surface area (Å²) < 4.78 is 5.74. The van der Waals surface area contributed by atoms with Gasteiger partial charge in [0, 0.05) is 18.0 Å². The Bertz CT molecular complexity index is 259. The SMILES string of the molecule is CCCc1cc(CCl)cc(CCC)[o+]1. The van der Waals surface area contributed by atoms with Gasteiger partial charge in [-0.1, -0.05) is 13.8 Å². The van der Waals surface area contributed by atoms with Crippen molar-refractivity contribution in [3.63, 3.8) is 0 Å². The fourth-order valence-electron chi connectivity index (χ4n) is 1.50. The molecular weight excluding hydrogens is 196 g/mol. The third kappa shape index (κ3) is 3.30. The lowest BCUT2D eigenvalue weighted by Crippen LogP contribution is -1.92. The quantitative estimate of drug-likeness (QED) is 0.527. The average molecular weight is 214 g/mol. The molecular formula is C12H18ClO+. The molecule has 1 nitrogen and oxygen atoms in total. The molecule has 0 fully saturated rings. The van der Waals surface area contributed by atoms with Gasteiger partial charge in [0.05, 0.1) is 12.8 Å². The van der Waals surface area contributed by atoms with Gasteiger partial charge in [0.25, 0.3) is 0 Å². The van der Waals surface area contributed by atoms with Crippen LogP contribution in [0, 0.1) is 0 Å². The third-order valence-corrected chi connectivity index (χ3v) is 2.41. The van der Waals surface area contributed by atoms with Gasteiger partial charge >= 0.3 is 11.5 Å². The molecule has 1 heterocycles. The molecule has 1 rings (SSSR count). The molecule has 0 N–H and O–H groups in total. The van der Waals surface area contributed by atoms with Gasteiger partial charge in [-0.25, -0.2) is 4.42 Å². The van der Waals surface area contributed by atoms with Gasteiger partial charge < -0.3 is 0 Å². The molecule has 0 amide bonds. The van der Waals surface area contributed by atoms with E-state index < -0.39 is 0 Å². The highest BCUT2D eigenvalue weighted by Crippen LogP contribution is 2.15. The lowest BCUT2D eigenvalue weighted by molar-refractivity contribution is 0.441. The van der Waals surface area contributed by atoms with Crippen molar-refractivity contribution < 1.29 is 4.42 Å². The maximum absolute atomic E-state index is 5.83. The van der Waals surface area contributed by atoms with Crippen LogP contribution in [0.4, 0.5) is 0 Å². The van der Waals surface area contributed by atoms with Crippen LogP contribution < -0.4 is 0 Å². The number of hydrogen-bond acceptors (Lipinski definition) is 0. The van der Waals surface area contributed by atoms with E-state index in [0.717, 1.165) is 37.2 Å². The van der Waals surface area contributed by atoms with Crippen LogP contribution in [0.15, 0.2) is 16.5 Å². The summed E-state index contributed by atoms with van der Waals surface area (Å²) in [5.74, 6) is 2.70. The highest BCUT2D eigenvalue weighted by atomic mass is 35.5. The lowest BCUT2D eigenvalue weighted by Gasteiger charge is -1.95. The van der Waals surface area contributed by atoms with E-state index in [2.05, 4.69) is 26.0 Å². The first-order valence-corrected chi connectivity index (χ1v) is 5.84. The summed E-state index contributed by atoms with van der Waals surface area (Å²) in [6.45, 7) is 4.31. The summed E-state index contributed by atoms with van der Waals surface area (Å²) in [5.41, 5.74) is 1.17. The van der Waals surface area contributed by atoms with Crippen LogP contribution >= 0.6 is 11.6 Å². The molecule has 0 aliphatic heterocycles. The van der Waals surface area contributed by atoms with E-state index in [1.165, 1.54) is 5.56 Å². The molecule has 0 bridgehead atoms. The Morgan fingerprint density at radius 3 is 1.93 bits per heavy atom. The standard InChI is InChI=1S/C12H18ClO/c1-3-5-11-7-10(9-13)8-12(14-11)6-4-2/h7-8H,3-6,9H2,1-2H3/q+1. The van der Waals surface area contributed by atoms with Gasteiger partial charge in [-0.3, -0.25) is 0 Å². The molecule has 1 aromatic rings. The van der Waals surface area contributed by atoms with Crippen LogP contribution in [0.1, 0.15) is 43.8 Å². The van der Waals surface area contributed by atoms with E-state index in [-0.39, 0.29) is 0 Å². The van der Waals surface area contributed by atoms with Crippen LogP contribution in [0.5, 0.6) is 0 Å². The molecule has 0 spiro atoms. The summed E-state index contributed by atoms with van der Waals surface area (Å²) >= 11 is 5.83. The Morgan fingerprint density at radius 1 is 1.07 bits per heavy atom. The Balaban J connectivity index is 2.88. The summed E-state index contributed by atoms with van der Waals surface area (Å²) in [4.78, 5) is 0. The first-order valence-electron chi connectivity index (χ1n) is 5.31. The van der Waals surface area contributed by atoms with Crippen molar-refractivity contribution in [1.29, 1.82) is 0 Å². The van der Waals surface area contributed by atoms with Gasteiger partial charge in [0.2, 0.25) is 0 Å². The third-order valence-electron chi connectivity index (χ3n) is 2.10. The predicted molar refractivity (Wildman–Crippen MR) is 60.7 cm³/mol. The Hall–Kier alpha value is -0.560. The van der Waals surface area contributed by atoms with Crippen molar-refractivity contribution >= 4 is 11.6 Å². The average Bonchev–Trinajstić information content (AvgIpc) is 2.18. The fourth-order valence-corrected chi connectivity index (χ4v) is 1.65. The van der Waals surface area contributed by atoms with Gasteiger partial charge in [0.15, 0.2) is 0 Å². The predicted octanol–water partition coefficient (Wildman–Crippen LogP) is 4.20. The zero-order chi connectivity index (χ0) is 10.4. The molecule has 0 aromatic carbocycles. The van der Waals surface area contributed by atoms with Crippen LogP contribution in [0.25, 0.3) is 0 Å². The molecule has 0 atom stereocenters. The molecule has 2 heteroatoms. The van der Waals surface area contributed by atoms with Gasteiger partial charge in [-0.05, 0) is 18.4 Å². The molecule has 0 saturated carbocycles. The smallest absolute Gasteiger partial charge is 0.218 e. The normalized spacial score (nSPS) is 10.5. The van der Waals surface area contributed by atoms with E-state index in [4.69, 9.17) is 16.0 Å². The number of hydrogen-bond donors (Lipinski definition) is 0. The first kappa shape index (κ1) is 11.5. The number of halogens is 1. The van der Waals surface area contributed by atoms with E-state index in [1.807, 2.05) is 0 Å². The van der Waals surface area contributed by atoms with E-state index >= 15 is 0 Å². The number of alkyl halides is 1. The molecule has 0 aliphatic rings. The maximum Gasteiger partial charge on any atom is 0.329 e. The van der Waals surface area contributed by atoms with Crippen molar-refractivity contribution in [1.82, 2.24) is 0 Å². The minimum absolute atomic E-state index is 0.573. The second-order valence-electron chi connectivity index (χ2n) is 3.53. The van der Waals surface area contributed by atoms with E-state index in [9.17, 15) is 0 Å².